The maximum Gasteiger partial charge on any atom is 0.0575 e. The van der Waals surface area contributed by atoms with Crippen LogP contribution in [0.3, 0.4) is 0 Å². The fourth-order valence-corrected chi connectivity index (χ4v) is 5.15. The van der Waals surface area contributed by atoms with E-state index in [0.29, 0.717) is 12.1 Å². The smallest absolute Gasteiger partial charge is 0.0575 e. The summed E-state index contributed by atoms with van der Waals surface area (Å²) in [6, 6.07) is 1.08. The minimum Gasteiger partial charge on any atom is -0.301 e. The molecule has 0 spiro atoms. The van der Waals surface area contributed by atoms with Crippen molar-refractivity contribution in [3.8, 4) is 0 Å². The molecule has 1 saturated heterocycles. The molecule has 0 amide bonds. The molecule has 3 unspecified atom stereocenters. The molecule has 2 heteroatoms. The van der Waals surface area contributed by atoms with Gasteiger partial charge in [-0.05, 0) is 81.3 Å². The maximum absolute atomic E-state index is 5.86. The van der Waals surface area contributed by atoms with E-state index in [-0.39, 0.29) is 0 Å². The van der Waals surface area contributed by atoms with Gasteiger partial charge in [0.1, 0.15) is 0 Å². The van der Waals surface area contributed by atoms with Gasteiger partial charge in [0.15, 0.2) is 0 Å². The van der Waals surface area contributed by atoms with E-state index in [1.165, 1.54) is 57.8 Å². The van der Waals surface area contributed by atoms with Crippen LogP contribution in [-0.4, -0.2) is 24.3 Å². The van der Waals surface area contributed by atoms with E-state index < -0.39 is 0 Å². The van der Waals surface area contributed by atoms with Gasteiger partial charge in [0.05, 0.1) is 13.2 Å². The number of allylic oxidation sites excluding steroid dienone is 4. The van der Waals surface area contributed by atoms with E-state index in [1.54, 1.807) is 16.7 Å². The quantitative estimate of drug-likeness (QED) is 0.670. The fourth-order valence-electron chi connectivity index (χ4n) is 5.15. The highest BCUT2D eigenvalue weighted by Gasteiger charge is 2.37. The molecule has 0 aromatic rings. The molecule has 0 aromatic heterocycles. The van der Waals surface area contributed by atoms with Crippen LogP contribution in [0.4, 0.5) is 0 Å². The van der Waals surface area contributed by atoms with Crippen LogP contribution in [0.25, 0.3) is 0 Å². The van der Waals surface area contributed by atoms with Crippen LogP contribution in [0.15, 0.2) is 34.9 Å². The molecule has 0 saturated carbocycles. The van der Waals surface area contributed by atoms with E-state index in [2.05, 4.69) is 23.3 Å². The van der Waals surface area contributed by atoms with Crippen LogP contribution in [-0.2, 0) is 4.84 Å². The van der Waals surface area contributed by atoms with Gasteiger partial charge in [-0.2, -0.15) is 5.06 Å². The first-order chi connectivity index (χ1) is 10.9. The van der Waals surface area contributed by atoms with Crippen LogP contribution >= 0.6 is 0 Å². The third-order valence-electron chi connectivity index (χ3n) is 6.28. The minimum absolute atomic E-state index is 0.488. The summed E-state index contributed by atoms with van der Waals surface area (Å²) in [5.41, 5.74) is 5.16. The van der Waals surface area contributed by atoms with Gasteiger partial charge in [0, 0.05) is 6.04 Å². The Labute approximate surface area is 134 Å². The SMILES string of the molecule is CON1C(C=C2CCC3=C2CCCC3)CCC2CC=CCC21. The van der Waals surface area contributed by atoms with Gasteiger partial charge in [-0.15, -0.1) is 0 Å². The topological polar surface area (TPSA) is 12.5 Å². The Bertz CT molecular complexity index is 516. The van der Waals surface area contributed by atoms with Crippen LogP contribution in [0.2, 0.25) is 0 Å². The summed E-state index contributed by atoms with van der Waals surface area (Å²) in [5.74, 6) is 0.799. The molecule has 2 nitrogen and oxygen atoms in total. The third-order valence-corrected chi connectivity index (χ3v) is 6.28. The van der Waals surface area contributed by atoms with E-state index >= 15 is 0 Å². The van der Waals surface area contributed by atoms with Crippen molar-refractivity contribution in [2.45, 2.75) is 76.3 Å². The first-order valence-electron chi connectivity index (χ1n) is 9.26. The van der Waals surface area contributed by atoms with Crippen LogP contribution in [0.1, 0.15) is 64.2 Å². The zero-order valence-electron chi connectivity index (χ0n) is 13.9. The number of piperidine rings is 1. The summed E-state index contributed by atoms with van der Waals surface area (Å²) >= 11 is 0. The van der Waals surface area contributed by atoms with Gasteiger partial charge < -0.3 is 4.84 Å². The summed E-state index contributed by atoms with van der Waals surface area (Å²) in [5, 5.41) is 2.33. The number of hydrogen-bond acceptors (Lipinski definition) is 2. The van der Waals surface area contributed by atoms with Crippen LogP contribution in [0, 0.1) is 5.92 Å². The van der Waals surface area contributed by atoms with Crippen molar-refractivity contribution in [1.29, 1.82) is 0 Å². The van der Waals surface area contributed by atoms with Gasteiger partial charge in [-0.1, -0.05) is 23.8 Å². The highest BCUT2D eigenvalue weighted by Crippen LogP contribution is 2.42. The molecule has 4 aliphatic rings. The predicted molar refractivity (Wildman–Crippen MR) is 90.3 cm³/mol. The van der Waals surface area contributed by atoms with E-state index in [9.17, 15) is 0 Å². The molecule has 0 aromatic carbocycles. The summed E-state index contributed by atoms with van der Waals surface area (Å²) in [4.78, 5) is 5.86. The monoisotopic (exact) mass is 299 g/mol. The number of hydrogen-bond donors (Lipinski definition) is 0. The van der Waals surface area contributed by atoms with Crippen molar-refractivity contribution >= 4 is 0 Å². The summed E-state index contributed by atoms with van der Waals surface area (Å²) in [7, 11) is 1.87. The van der Waals surface area contributed by atoms with Crippen LogP contribution in [0.5, 0.6) is 0 Å². The first-order valence-corrected chi connectivity index (χ1v) is 9.26. The number of nitrogens with zero attached hydrogens (tertiary/aromatic N) is 1. The first kappa shape index (κ1) is 14.7. The Morgan fingerprint density at radius 1 is 1.05 bits per heavy atom. The molecule has 1 fully saturated rings. The summed E-state index contributed by atoms with van der Waals surface area (Å²) in [6.45, 7) is 0. The van der Waals surface area contributed by atoms with E-state index in [4.69, 9.17) is 4.84 Å². The second-order valence-electron chi connectivity index (χ2n) is 7.44. The molecule has 3 atom stereocenters. The Kier molecular flexibility index (Phi) is 4.23. The van der Waals surface area contributed by atoms with Gasteiger partial charge in [-0.25, -0.2) is 0 Å². The van der Waals surface area contributed by atoms with Crippen molar-refractivity contribution in [3.63, 3.8) is 0 Å². The lowest BCUT2D eigenvalue weighted by Gasteiger charge is -2.45. The molecule has 22 heavy (non-hydrogen) atoms. The molecule has 1 heterocycles. The standard InChI is InChI=1S/C20H29NO/c1-22-21-18(13-12-16-7-3-5-9-20(16)21)14-17-11-10-15-6-2-4-8-19(15)17/h3,5,14,16,18,20H,2,4,6-13H2,1H3. The Morgan fingerprint density at radius 2 is 1.91 bits per heavy atom. The highest BCUT2D eigenvalue weighted by atomic mass is 16.7. The van der Waals surface area contributed by atoms with Gasteiger partial charge >= 0.3 is 0 Å². The van der Waals surface area contributed by atoms with Crippen molar-refractivity contribution < 1.29 is 4.84 Å². The zero-order chi connectivity index (χ0) is 14.9. The van der Waals surface area contributed by atoms with Gasteiger partial charge in [0.2, 0.25) is 0 Å². The van der Waals surface area contributed by atoms with E-state index in [1.807, 2.05) is 7.11 Å². The molecular weight excluding hydrogens is 270 g/mol. The maximum atomic E-state index is 5.86. The second-order valence-corrected chi connectivity index (χ2v) is 7.44. The van der Waals surface area contributed by atoms with Gasteiger partial charge in [0.25, 0.3) is 0 Å². The van der Waals surface area contributed by atoms with E-state index in [0.717, 1.165) is 12.3 Å². The normalized spacial score (nSPS) is 37.5. The zero-order valence-corrected chi connectivity index (χ0v) is 13.9. The molecule has 3 aliphatic carbocycles. The lowest BCUT2D eigenvalue weighted by atomic mass is 9.79. The average molecular weight is 299 g/mol. The largest absolute Gasteiger partial charge is 0.301 e. The lowest BCUT2D eigenvalue weighted by molar-refractivity contribution is -0.208. The average Bonchev–Trinajstić information content (AvgIpc) is 2.98. The van der Waals surface area contributed by atoms with Crippen molar-refractivity contribution in [2.75, 3.05) is 7.11 Å². The molecular formula is C20H29NO. The van der Waals surface area contributed by atoms with Crippen molar-refractivity contribution in [2.24, 2.45) is 5.92 Å². The molecule has 1 aliphatic heterocycles. The Hall–Kier alpha value is -0.860. The minimum atomic E-state index is 0.488. The number of hydroxylamine groups is 2. The Balaban J connectivity index is 1.56. The number of rotatable bonds is 2. The molecule has 0 radical (unpaired) electrons. The fraction of sp³-hybridized carbons (Fsp3) is 0.700. The van der Waals surface area contributed by atoms with Crippen molar-refractivity contribution in [1.82, 2.24) is 5.06 Å². The molecule has 120 valence electrons. The molecule has 4 rings (SSSR count). The third kappa shape index (κ3) is 2.61. The Morgan fingerprint density at radius 3 is 2.82 bits per heavy atom. The summed E-state index contributed by atoms with van der Waals surface area (Å²) in [6.07, 6.45) is 20.4. The molecule has 0 bridgehead atoms. The summed E-state index contributed by atoms with van der Waals surface area (Å²) < 4.78 is 0. The highest BCUT2D eigenvalue weighted by molar-refractivity contribution is 5.43. The lowest BCUT2D eigenvalue weighted by Crippen LogP contribution is -2.50. The second kappa shape index (κ2) is 6.33. The van der Waals surface area contributed by atoms with Gasteiger partial charge in [-0.3, -0.25) is 0 Å². The number of fused-ring (bicyclic) bond motifs is 1. The molecule has 0 N–H and O–H groups in total. The van der Waals surface area contributed by atoms with Crippen LogP contribution < -0.4 is 0 Å². The predicted octanol–water partition coefficient (Wildman–Crippen LogP) is 4.94. The van der Waals surface area contributed by atoms with Crippen molar-refractivity contribution in [3.05, 3.63) is 34.9 Å².